The van der Waals surface area contributed by atoms with Crippen LogP contribution in [0.5, 0.6) is 0 Å². The van der Waals surface area contributed by atoms with E-state index < -0.39 is 24.4 Å². The Kier molecular flexibility index (Phi) is 2.97. The second kappa shape index (κ2) is 3.71. The minimum atomic E-state index is -4.44. The quantitative estimate of drug-likeness (QED) is 0.830. The predicted molar refractivity (Wildman–Crippen MR) is 45.8 cm³/mol. The third-order valence-electron chi connectivity index (χ3n) is 1.21. The summed E-state index contributed by atoms with van der Waals surface area (Å²) >= 11 is 1.45. The maximum absolute atomic E-state index is 11.9. The van der Waals surface area contributed by atoms with E-state index in [4.69, 9.17) is 5.11 Å². The number of rotatable bonds is 2. The Bertz CT molecular complexity index is 362. The highest BCUT2D eigenvalue weighted by molar-refractivity contribution is 14.1. The van der Waals surface area contributed by atoms with Crippen LogP contribution in [-0.2, 0) is 6.54 Å². The minimum absolute atomic E-state index is 0.146. The van der Waals surface area contributed by atoms with Crippen molar-refractivity contribution in [2.75, 3.05) is 0 Å². The van der Waals surface area contributed by atoms with Crippen LogP contribution in [-0.4, -0.2) is 32.2 Å². The van der Waals surface area contributed by atoms with Crippen LogP contribution in [0.4, 0.5) is 13.2 Å². The molecule has 1 rings (SSSR count). The Labute approximate surface area is 89.0 Å². The number of aromatic carboxylic acids is 1. The molecule has 0 atom stereocenters. The molecular weight excluding hydrogens is 318 g/mol. The summed E-state index contributed by atoms with van der Waals surface area (Å²) in [6.07, 6.45) is -4.44. The molecule has 1 heterocycles. The van der Waals surface area contributed by atoms with Crippen molar-refractivity contribution in [1.29, 1.82) is 0 Å². The van der Waals surface area contributed by atoms with E-state index in [1.54, 1.807) is 0 Å². The Morgan fingerprint density at radius 1 is 1.57 bits per heavy atom. The molecule has 0 radical (unpaired) electrons. The summed E-state index contributed by atoms with van der Waals surface area (Å²) in [5, 5.41) is 14.7. The summed E-state index contributed by atoms with van der Waals surface area (Å²) in [7, 11) is 0. The molecule has 0 aliphatic rings. The number of halogens is 4. The van der Waals surface area contributed by atoms with Gasteiger partial charge in [0.2, 0.25) is 5.69 Å². The molecule has 1 N–H and O–H groups in total. The van der Waals surface area contributed by atoms with Gasteiger partial charge < -0.3 is 5.11 Å². The summed E-state index contributed by atoms with van der Waals surface area (Å²) < 4.78 is 36.0. The van der Waals surface area contributed by atoms with E-state index in [0.29, 0.717) is 4.68 Å². The van der Waals surface area contributed by atoms with Gasteiger partial charge in [0, 0.05) is 0 Å². The predicted octanol–water partition coefficient (Wildman–Crippen LogP) is 1.14. The number of alkyl halides is 3. The van der Waals surface area contributed by atoms with Crippen molar-refractivity contribution >= 4 is 28.6 Å². The molecule has 5 nitrogen and oxygen atoms in total. The van der Waals surface area contributed by atoms with Gasteiger partial charge in [0.25, 0.3) is 0 Å². The third-order valence-corrected chi connectivity index (χ3v) is 2.27. The van der Waals surface area contributed by atoms with Crippen molar-refractivity contribution in [3.63, 3.8) is 0 Å². The van der Waals surface area contributed by atoms with Crippen LogP contribution >= 0.6 is 22.6 Å². The van der Waals surface area contributed by atoms with Crippen molar-refractivity contribution in [1.82, 2.24) is 15.0 Å². The Morgan fingerprint density at radius 3 is 2.50 bits per heavy atom. The van der Waals surface area contributed by atoms with E-state index in [0.717, 1.165) is 0 Å². The molecule has 0 spiro atoms. The first-order valence-electron chi connectivity index (χ1n) is 3.20. The maximum atomic E-state index is 11.9. The molecule has 0 saturated heterocycles. The normalized spacial score (nSPS) is 11.7. The fourth-order valence-corrected chi connectivity index (χ4v) is 1.31. The van der Waals surface area contributed by atoms with E-state index >= 15 is 0 Å². The summed E-state index contributed by atoms with van der Waals surface area (Å²) in [6, 6.07) is 0. The summed E-state index contributed by atoms with van der Waals surface area (Å²) in [6.45, 7) is -1.34. The number of hydrogen-bond donors (Lipinski definition) is 1. The van der Waals surface area contributed by atoms with Crippen molar-refractivity contribution in [2.45, 2.75) is 12.7 Å². The first kappa shape index (κ1) is 11.2. The average molecular weight is 321 g/mol. The van der Waals surface area contributed by atoms with Gasteiger partial charge in [-0.25, -0.2) is 9.48 Å². The van der Waals surface area contributed by atoms with Gasteiger partial charge in [0.05, 0.1) is 0 Å². The second-order valence-electron chi connectivity index (χ2n) is 2.31. The number of hydrogen-bond acceptors (Lipinski definition) is 3. The standard InChI is InChI=1S/C5H3F3IN3O2/c6-5(7,8)1-12-3(9)2(4(13)14)10-11-12/h1H2,(H,13,14). The molecule has 0 saturated carbocycles. The van der Waals surface area contributed by atoms with Crippen LogP contribution < -0.4 is 0 Å². The fourth-order valence-electron chi connectivity index (χ4n) is 0.703. The zero-order valence-electron chi connectivity index (χ0n) is 6.42. The van der Waals surface area contributed by atoms with Crippen LogP contribution in [0.25, 0.3) is 0 Å². The summed E-state index contributed by atoms with van der Waals surface area (Å²) in [5.74, 6) is -1.40. The van der Waals surface area contributed by atoms with E-state index in [1.807, 2.05) is 0 Å². The highest BCUT2D eigenvalue weighted by atomic mass is 127. The molecular formula is C5H3F3IN3O2. The molecule has 0 aliphatic carbocycles. The summed E-state index contributed by atoms with van der Waals surface area (Å²) in [4.78, 5) is 10.4. The number of carbonyl (C=O) groups is 1. The molecule has 1 aromatic rings. The van der Waals surface area contributed by atoms with Gasteiger partial charge in [0.1, 0.15) is 10.2 Å². The molecule has 1 aromatic heterocycles. The van der Waals surface area contributed by atoms with E-state index in [9.17, 15) is 18.0 Å². The van der Waals surface area contributed by atoms with E-state index in [-0.39, 0.29) is 3.70 Å². The average Bonchev–Trinajstić information content (AvgIpc) is 2.29. The molecule has 0 fully saturated rings. The lowest BCUT2D eigenvalue weighted by Gasteiger charge is -2.05. The third kappa shape index (κ3) is 2.56. The van der Waals surface area contributed by atoms with Crippen LogP contribution in [0.2, 0.25) is 0 Å². The Hall–Kier alpha value is -0.870. The van der Waals surface area contributed by atoms with E-state index in [2.05, 4.69) is 10.3 Å². The second-order valence-corrected chi connectivity index (χ2v) is 3.33. The van der Waals surface area contributed by atoms with Gasteiger partial charge in [-0.3, -0.25) is 0 Å². The monoisotopic (exact) mass is 321 g/mol. The number of carboxylic acids is 1. The zero-order chi connectivity index (χ0) is 10.9. The van der Waals surface area contributed by atoms with Crippen LogP contribution in [0.15, 0.2) is 0 Å². The smallest absolute Gasteiger partial charge is 0.408 e. The molecule has 0 bridgehead atoms. The lowest BCUT2D eigenvalue weighted by Crippen LogP contribution is -2.20. The molecule has 0 aromatic carbocycles. The Morgan fingerprint density at radius 2 is 2.14 bits per heavy atom. The maximum Gasteiger partial charge on any atom is 0.408 e. The molecule has 14 heavy (non-hydrogen) atoms. The van der Waals surface area contributed by atoms with E-state index in [1.165, 1.54) is 22.6 Å². The zero-order valence-corrected chi connectivity index (χ0v) is 8.57. The molecule has 0 aliphatic heterocycles. The highest BCUT2D eigenvalue weighted by Crippen LogP contribution is 2.19. The topological polar surface area (TPSA) is 68.0 Å². The molecule has 78 valence electrons. The van der Waals surface area contributed by atoms with Crippen LogP contribution in [0.3, 0.4) is 0 Å². The number of nitrogens with zero attached hydrogens (tertiary/aromatic N) is 3. The lowest BCUT2D eigenvalue weighted by atomic mass is 10.5. The van der Waals surface area contributed by atoms with Crippen molar-refractivity contribution in [3.8, 4) is 0 Å². The lowest BCUT2D eigenvalue weighted by molar-refractivity contribution is -0.143. The first-order valence-corrected chi connectivity index (χ1v) is 4.28. The number of aromatic nitrogens is 3. The molecule has 0 unspecified atom stereocenters. The van der Waals surface area contributed by atoms with Gasteiger partial charge >= 0.3 is 12.1 Å². The van der Waals surface area contributed by atoms with Crippen molar-refractivity contribution < 1.29 is 23.1 Å². The molecule has 9 heteroatoms. The van der Waals surface area contributed by atoms with Crippen molar-refractivity contribution in [3.05, 3.63) is 9.39 Å². The van der Waals surface area contributed by atoms with Gasteiger partial charge in [-0.05, 0) is 22.6 Å². The van der Waals surface area contributed by atoms with Gasteiger partial charge in [0.15, 0.2) is 0 Å². The van der Waals surface area contributed by atoms with Gasteiger partial charge in [-0.2, -0.15) is 13.2 Å². The van der Waals surface area contributed by atoms with Crippen molar-refractivity contribution in [2.24, 2.45) is 0 Å². The largest absolute Gasteiger partial charge is 0.476 e. The summed E-state index contributed by atoms with van der Waals surface area (Å²) in [5.41, 5.74) is -0.477. The molecule has 0 amide bonds. The minimum Gasteiger partial charge on any atom is -0.476 e. The fraction of sp³-hybridized carbons (Fsp3) is 0.400. The van der Waals surface area contributed by atoms with Gasteiger partial charge in [-0.1, -0.05) is 5.21 Å². The highest BCUT2D eigenvalue weighted by Gasteiger charge is 2.31. The van der Waals surface area contributed by atoms with Crippen LogP contribution in [0.1, 0.15) is 10.5 Å². The van der Waals surface area contributed by atoms with Gasteiger partial charge in [-0.15, -0.1) is 5.10 Å². The SMILES string of the molecule is O=C(O)c1nnn(CC(F)(F)F)c1I. The Balaban J connectivity index is 2.96. The number of carboxylic acid groups (broad SMARTS) is 1. The first-order chi connectivity index (χ1) is 6.31. The van der Waals surface area contributed by atoms with Crippen LogP contribution in [0, 0.1) is 3.70 Å².